The smallest absolute Gasteiger partial charge is 0.342 e. The number of carbonyl (C=O) groups is 3. The van der Waals surface area contributed by atoms with Crippen molar-refractivity contribution in [1.82, 2.24) is 20.6 Å². The van der Waals surface area contributed by atoms with Crippen molar-refractivity contribution >= 4 is 17.8 Å². The van der Waals surface area contributed by atoms with Crippen molar-refractivity contribution in [2.75, 3.05) is 6.61 Å². The molecule has 3 rings (SSSR count). The van der Waals surface area contributed by atoms with Gasteiger partial charge in [-0.05, 0) is 38.1 Å². The second kappa shape index (κ2) is 8.83. The number of para-hydroxylation sites is 1. The molecule has 0 aliphatic carbocycles. The van der Waals surface area contributed by atoms with E-state index in [1.807, 2.05) is 30.3 Å². The molecule has 2 N–H and O–H groups in total. The van der Waals surface area contributed by atoms with Crippen LogP contribution in [0.1, 0.15) is 32.1 Å². The molecule has 0 bridgehead atoms. The largest absolute Gasteiger partial charge is 0.452 e. The van der Waals surface area contributed by atoms with Gasteiger partial charge in [-0.1, -0.05) is 36.4 Å². The van der Waals surface area contributed by atoms with Crippen molar-refractivity contribution in [3.8, 4) is 5.69 Å². The molecule has 1 aromatic heterocycles. The molecule has 2 amide bonds. The third-order valence-corrected chi connectivity index (χ3v) is 4.18. The van der Waals surface area contributed by atoms with Gasteiger partial charge in [-0.25, -0.2) is 9.48 Å². The number of carbonyl (C=O) groups excluding carboxylic acids is 3. The maximum absolute atomic E-state index is 12.5. The summed E-state index contributed by atoms with van der Waals surface area (Å²) in [7, 11) is 0. The number of ether oxygens (including phenoxy) is 1. The second-order valence-corrected chi connectivity index (χ2v) is 6.24. The number of aromatic nitrogens is 2. The summed E-state index contributed by atoms with van der Waals surface area (Å²) in [5.74, 6) is -1.79. The molecule has 3 aromatic rings. The molecule has 0 aliphatic rings. The molecule has 8 heteroatoms. The second-order valence-electron chi connectivity index (χ2n) is 6.24. The van der Waals surface area contributed by atoms with E-state index in [0.717, 1.165) is 5.69 Å². The highest BCUT2D eigenvalue weighted by atomic mass is 16.5. The molecular weight excluding hydrogens is 372 g/mol. The number of benzene rings is 2. The highest BCUT2D eigenvalue weighted by Crippen LogP contribution is 2.18. The first kappa shape index (κ1) is 19.8. The molecule has 2 aromatic carbocycles. The number of nitrogens with one attached hydrogen (secondary N) is 2. The summed E-state index contributed by atoms with van der Waals surface area (Å²) in [5.41, 5.74) is 7.09. The van der Waals surface area contributed by atoms with Crippen LogP contribution in [-0.4, -0.2) is 34.2 Å². The third kappa shape index (κ3) is 4.67. The van der Waals surface area contributed by atoms with E-state index in [1.54, 1.807) is 48.9 Å². The Morgan fingerprint density at radius 3 is 2.21 bits per heavy atom. The Labute approximate surface area is 167 Å². The van der Waals surface area contributed by atoms with Gasteiger partial charge >= 0.3 is 5.97 Å². The fraction of sp³-hybridized carbons (Fsp3) is 0.143. The van der Waals surface area contributed by atoms with Gasteiger partial charge in [-0.15, -0.1) is 0 Å². The Balaban J connectivity index is 1.57. The van der Waals surface area contributed by atoms with Crippen LogP contribution in [0.4, 0.5) is 0 Å². The van der Waals surface area contributed by atoms with E-state index in [1.165, 1.54) is 0 Å². The number of esters is 1. The van der Waals surface area contributed by atoms with Crippen LogP contribution in [0.15, 0.2) is 60.7 Å². The summed E-state index contributed by atoms with van der Waals surface area (Å²) in [6.07, 6.45) is 0. The Morgan fingerprint density at radius 1 is 0.931 bits per heavy atom. The van der Waals surface area contributed by atoms with E-state index in [4.69, 9.17) is 4.74 Å². The van der Waals surface area contributed by atoms with Crippen molar-refractivity contribution in [2.24, 2.45) is 0 Å². The molecular formula is C21H20N4O4. The molecule has 0 atom stereocenters. The molecule has 0 saturated heterocycles. The van der Waals surface area contributed by atoms with Crippen LogP contribution in [0.5, 0.6) is 0 Å². The van der Waals surface area contributed by atoms with Gasteiger partial charge < -0.3 is 4.74 Å². The third-order valence-electron chi connectivity index (χ3n) is 4.18. The number of hydrogen-bond acceptors (Lipinski definition) is 5. The summed E-state index contributed by atoms with van der Waals surface area (Å²) in [6.45, 7) is 2.91. The zero-order valence-electron chi connectivity index (χ0n) is 16.0. The standard InChI is InChI=1S/C21H20N4O4/c1-14-19(15(2)25(24-14)17-11-7-4-8-12-17)21(28)29-13-18(26)22-23-20(27)16-9-5-3-6-10-16/h3-12H,13H2,1-2H3,(H,22,26)(H,23,27). The highest BCUT2D eigenvalue weighted by molar-refractivity contribution is 5.96. The van der Waals surface area contributed by atoms with Crippen LogP contribution >= 0.6 is 0 Å². The van der Waals surface area contributed by atoms with E-state index in [-0.39, 0.29) is 0 Å². The molecule has 0 saturated carbocycles. The number of nitrogens with zero attached hydrogens (tertiary/aromatic N) is 2. The minimum absolute atomic E-state index is 0.301. The van der Waals surface area contributed by atoms with Crippen LogP contribution < -0.4 is 10.9 Å². The van der Waals surface area contributed by atoms with Crippen LogP contribution in [0.2, 0.25) is 0 Å². The molecule has 0 radical (unpaired) electrons. The fourth-order valence-corrected chi connectivity index (χ4v) is 2.79. The lowest BCUT2D eigenvalue weighted by molar-refractivity contribution is -0.125. The number of amides is 2. The Hall–Kier alpha value is -3.94. The molecule has 0 aliphatic heterocycles. The van der Waals surface area contributed by atoms with E-state index in [0.29, 0.717) is 22.5 Å². The topological polar surface area (TPSA) is 102 Å². The average molecular weight is 392 g/mol. The summed E-state index contributed by atoms with van der Waals surface area (Å²) in [6, 6.07) is 17.8. The Morgan fingerprint density at radius 2 is 1.55 bits per heavy atom. The molecule has 0 unspecified atom stereocenters. The fourth-order valence-electron chi connectivity index (χ4n) is 2.79. The van der Waals surface area contributed by atoms with E-state index < -0.39 is 24.4 Å². The number of rotatable bonds is 5. The predicted octanol–water partition coefficient (Wildman–Crippen LogP) is 2.11. The quantitative estimate of drug-likeness (QED) is 0.511. The van der Waals surface area contributed by atoms with Crippen molar-refractivity contribution < 1.29 is 19.1 Å². The predicted molar refractivity (Wildman–Crippen MR) is 105 cm³/mol. The van der Waals surface area contributed by atoms with Crippen LogP contribution in [0, 0.1) is 13.8 Å². The first-order valence-corrected chi connectivity index (χ1v) is 8.90. The first-order valence-electron chi connectivity index (χ1n) is 8.90. The van der Waals surface area contributed by atoms with Gasteiger partial charge in [0.05, 0.1) is 17.1 Å². The number of aryl methyl sites for hydroxylation is 1. The minimum atomic E-state index is -0.660. The van der Waals surface area contributed by atoms with Gasteiger partial charge in [0.15, 0.2) is 6.61 Å². The zero-order chi connectivity index (χ0) is 20.8. The number of hydrogen-bond donors (Lipinski definition) is 2. The van der Waals surface area contributed by atoms with Crippen molar-refractivity contribution in [3.63, 3.8) is 0 Å². The van der Waals surface area contributed by atoms with Gasteiger partial charge in [0.1, 0.15) is 5.56 Å². The van der Waals surface area contributed by atoms with Gasteiger partial charge in [-0.3, -0.25) is 20.4 Å². The maximum Gasteiger partial charge on any atom is 0.342 e. The van der Waals surface area contributed by atoms with E-state index in [2.05, 4.69) is 16.0 Å². The summed E-state index contributed by atoms with van der Waals surface area (Å²) in [5, 5.41) is 4.38. The molecule has 0 spiro atoms. The van der Waals surface area contributed by atoms with Gasteiger partial charge in [0.25, 0.3) is 11.8 Å². The van der Waals surface area contributed by atoms with E-state index in [9.17, 15) is 14.4 Å². The Kier molecular flexibility index (Phi) is 6.03. The average Bonchev–Trinajstić information content (AvgIpc) is 3.05. The summed E-state index contributed by atoms with van der Waals surface area (Å²) < 4.78 is 6.73. The first-order chi connectivity index (χ1) is 14.0. The maximum atomic E-state index is 12.5. The van der Waals surface area contributed by atoms with Crippen LogP contribution in [0.3, 0.4) is 0 Å². The summed E-state index contributed by atoms with van der Waals surface area (Å²) >= 11 is 0. The van der Waals surface area contributed by atoms with Crippen LogP contribution in [-0.2, 0) is 9.53 Å². The molecule has 1 heterocycles. The van der Waals surface area contributed by atoms with Crippen LogP contribution in [0.25, 0.3) is 5.69 Å². The van der Waals surface area contributed by atoms with Gasteiger partial charge in [-0.2, -0.15) is 5.10 Å². The number of hydrazine groups is 1. The Bertz CT molecular complexity index is 1030. The molecule has 8 nitrogen and oxygen atoms in total. The lowest BCUT2D eigenvalue weighted by atomic mass is 10.2. The normalized spacial score (nSPS) is 10.3. The lowest BCUT2D eigenvalue weighted by Gasteiger charge is -2.08. The SMILES string of the molecule is Cc1nn(-c2ccccc2)c(C)c1C(=O)OCC(=O)NNC(=O)c1ccccc1. The van der Waals surface area contributed by atoms with Crippen molar-refractivity contribution in [3.05, 3.63) is 83.2 Å². The van der Waals surface area contributed by atoms with E-state index >= 15 is 0 Å². The molecule has 148 valence electrons. The van der Waals surface area contributed by atoms with Gasteiger partial charge in [0.2, 0.25) is 0 Å². The lowest BCUT2D eigenvalue weighted by Crippen LogP contribution is -2.43. The van der Waals surface area contributed by atoms with Crippen molar-refractivity contribution in [1.29, 1.82) is 0 Å². The molecule has 0 fully saturated rings. The van der Waals surface area contributed by atoms with Gasteiger partial charge in [0, 0.05) is 5.56 Å². The summed E-state index contributed by atoms with van der Waals surface area (Å²) in [4.78, 5) is 36.2. The minimum Gasteiger partial charge on any atom is -0.452 e. The molecule has 29 heavy (non-hydrogen) atoms. The monoisotopic (exact) mass is 392 g/mol. The van der Waals surface area contributed by atoms with Crippen molar-refractivity contribution in [2.45, 2.75) is 13.8 Å². The highest BCUT2D eigenvalue weighted by Gasteiger charge is 2.21. The zero-order valence-corrected chi connectivity index (χ0v) is 16.0.